The van der Waals surface area contributed by atoms with E-state index in [2.05, 4.69) is 15.9 Å². The lowest BCUT2D eigenvalue weighted by Gasteiger charge is -2.05. The van der Waals surface area contributed by atoms with E-state index in [0.29, 0.717) is 0 Å². The van der Waals surface area contributed by atoms with Crippen molar-refractivity contribution in [1.29, 1.82) is 0 Å². The maximum absolute atomic E-state index is 11.4. The number of halogens is 2. The summed E-state index contributed by atoms with van der Waals surface area (Å²) in [6, 6.07) is 2.70. The molecule has 0 bridgehead atoms. The van der Waals surface area contributed by atoms with Crippen LogP contribution in [0, 0.1) is 0 Å². The van der Waals surface area contributed by atoms with E-state index in [1.807, 2.05) is 0 Å². The lowest BCUT2D eigenvalue weighted by atomic mass is 10.1. The largest absolute Gasteiger partial charge is 0.507 e. The van der Waals surface area contributed by atoms with Crippen molar-refractivity contribution in [1.82, 2.24) is 0 Å². The number of carbonyl (C=O) groups is 1. The summed E-state index contributed by atoms with van der Waals surface area (Å²) in [5.74, 6) is -0.403. The first-order valence-electron chi connectivity index (χ1n) is 3.87. The number of hydrogen-bond donors (Lipinski definition) is 2. The van der Waals surface area contributed by atoms with Gasteiger partial charge < -0.3 is 10.2 Å². The number of carbonyl (C=O) groups excluding carboxylic acids is 1. The third-order valence-corrected chi connectivity index (χ3v) is 2.69. The van der Waals surface area contributed by atoms with Gasteiger partial charge in [0.05, 0.1) is 5.56 Å². The Labute approximate surface area is 94.4 Å². The number of aromatic hydroxyl groups is 2. The molecule has 1 aromatic rings. The predicted molar refractivity (Wildman–Crippen MR) is 57.1 cm³/mol. The highest BCUT2D eigenvalue weighted by Crippen LogP contribution is 2.35. The highest BCUT2D eigenvalue weighted by atomic mass is 79.9. The quantitative estimate of drug-likeness (QED) is 0.660. The van der Waals surface area contributed by atoms with Crippen LogP contribution in [-0.4, -0.2) is 21.9 Å². The summed E-state index contributed by atoms with van der Waals surface area (Å²) in [7, 11) is 0. The third kappa shape index (κ3) is 2.19. The molecule has 3 nitrogen and oxygen atoms in total. The first-order chi connectivity index (χ1) is 6.57. The monoisotopic (exact) mass is 278 g/mol. The van der Waals surface area contributed by atoms with Gasteiger partial charge in [0.25, 0.3) is 0 Å². The molecule has 1 rings (SSSR count). The number of hydrogen-bond acceptors (Lipinski definition) is 3. The Morgan fingerprint density at radius 2 is 2.07 bits per heavy atom. The standard InChI is InChI=1S/C9H8BrClO3/c10-8-7(13)2-1-5(9(8)14)6(12)3-4-11/h1-2,13-14H,3-4H2. The van der Waals surface area contributed by atoms with E-state index in [0.717, 1.165) is 0 Å². The smallest absolute Gasteiger partial charge is 0.167 e. The molecule has 0 fully saturated rings. The Morgan fingerprint density at radius 3 is 2.64 bits per heavy atom. The van der Waals surface area contributed by atoms with Crippen LogP contribution >= 0.6 is 27.5 Å². The molecule has 76 valence electrons. The average molecular weight is 280 g/mol. The lowest BCUT2D eigenvalue weighted by Crippen LogP contribution is -2.00. The molecule has 0 atom stereocenters. The van der Waals surface area contributed by atoms with Crippen LogP contribution in [0.15, 0.2) is 16.6 Å². The van der Waals surface area contributed by atoms with Crippen molar-refractivity contribution in [3.8, 4) is 11.5 Å². The van der Waals surface area contributed by atoms with E-state index in [4.69, 9.17) is 11.6 Å². The predicted octanol–water partition coefficient (Wildman–Crippen LogP) is 2.67. The van der Waals surface area contributed by atoms with Gasteiger partial charge in [0.15, 0.2) is 5.78 Å². The summed E-state index contributed by atoms with van der Waals surface area (Å²) in [5.41, 5.74) is 0.162. The third-order valence-electron chi connectivity index (χ3n) is 1.72. The summed E-state index contributed by atoms with van der Waals surface area (Å²) < 4.78 is 0.123. The molecule has 0 amide bonds. The molecule has 0 aliphatic rings. The minimum atomic E-state index is -0.252. The van der Waals surface area contributed by atoms with Crippen LogP contribution in [0.5, 0.6) is 11.5 Å². The van der Waals surface area contributed by atoms with E-state index in [1.165, 1.54) is 12.1 Å². The number of ketones is 1. The molecule has 0 aliphatic carbocycles. The second-order valence-corrected chi connectivity index (χ2v) is 3.83. The van der Waals surface area contributed by atoms with Crippen molar-refractivity contribution < 1.29 is 15.0 Å². The Kier molecular flexibility index (Phi) is 3.77. The van der Waals surface area contributed by atoms with Crippen molar-refractivity contribution in [3.63, 3.8) is 0 Å². The zero-order chi connectivity index (χ0) is 10.7. The fraction of sp³-hybridized carbons (Fsp3) is 0.222. The van der Waals surface area contributed by atoms with Gasteiger partial charge in [0, 0.05) is 12.3 Å². The SMILES string of the molecule is O=C(CCCl)c1ccc(O)c(Br)c1O. The fourth-order valence-electron chi connectivity index (χ4n) is 0.999. The molecule has 1 aromatic carbocycles. The number of alkyl halides is 1. The highest BCUT2D eigenvalue weighted by molar-refractivity contribution is 9.10. The van der Waals surface area contributed by atoms with Gasteiger partial charge in [0.2, 0.25) is 0 Å². The molecule has 0 aliphatic heterocycles. The van der Waals surface area contributed by atoms with Gasteiger partial charge in [-0.05, 0) is 28.1 Å². The maximum atomic E-state index is 11.4. The molecule has 0 heterocycles. The summed E-state index contributed by atoms with van der Waals surface area (Å²) in [6.07, 6.45) is 0.159. The van der Waals surface area contributed by atoms with Crippen LogP contribution in [0.25, 0.3) is 0 Å². The molecular formula is C9H8BrClO3. The molecule has 14 heavy (non-hydrogen) atoms. The number of benzene rings is 1. The normalized spacial score (nSPS) is 10.1. The molecule has 0 aromatic heterocycles. The van der Waals surface area contributed by atoms with E-state index < -0.39 is 0 Å². The van der Waals surface area contributed by atoms with Crippen molar-refractivity contribution in [2.24, 2.45) is 0 Å². The zero-order valence-electron chi connectivity index (χ0n) is 7.13. The molecule has 0 spiro atoms. The maximum Gasteiger partial charge on any atom is 0.167 e. The first-order valence-corrected chi connectivity index (χ1v) is 5.20. The molecule has 0 saturated carbocycles. The van der Waals surface area contributed by atoms with Crippen molar-refractivity contribution in [2.45, 2.75) is 6.42 Å². The van der Waals surface area contributed by atoms with E-state index >= 15 is 0 Å². The number of rotatable bonds is 3. The van der Waals surface area contributed by atoms with E-state index in [1.54, 1.807) is 0 Å². The summed E-state index contributed by atoms with van der Waals surface area (Å²) >= 11 is 8.37. The van der Waals surface area contributed by atoms with Gasteiger partial charge in [-0.25, -0.2) is 0 Å². The second kappa shape index (κ2) is 4.66. The summed E-state index contributed by atoms with van der Waals surface area (Å²) in [5, 5.41) is 18.7. The Bertz CT molecular complexity index is 365. The average Bonchev–Trinajstić information content (AvgIpc) is 2.15. The molecule has 5 heteroatoms. The van der Waals surface area contributed by atoms with Gasteiger partial charge in [-0.2, -0.15) is 0 Å². The molecule has 2 N–H and O–H groups in total. The van der Waals surface area contributed by atoms with E-state index in [9.17, 15) is 15.0 Å². The second-order valence-electron chi connectivity index (χ2n) is 2.66. The van der Waals surface area contributed by atoms with Crippen LogP contribution in [0.1, 0.15) is 16.8 Å². The van der Waals surface area contributed by atoms with Crippen LogP contribution in [0.3, 0.4) is 0 Å². The van der Waals surface area contributed by atoms with Crippen molar-refractivity contribution in [3.05, 3.63) is 22.2 Å². The van der Waals surface area contributed by atoms with Gasteiger partial charge in [0.1, 0.15) is 16.0 Å². The van der Waals surface area contributed by atoms with E-state index in [-0.39, 0.29) is 39.6 Å². The molecule has 0 unspecified atom stereocenters. The van der Waals surface area contributed by atoms with Crippen molar-refractivity contribution >= 4 is 33.3 Å². The highest BCUT2D eigenvalue weighted by Gasteiger charge is 2.15. The number of Topliss-reactive ketones (excluding diaryl/α,β-unsaturated/α-hetero) is 1. The Hall–Kier alpha value is -0.740. The lowest BCUT2D eigenvalue weighted by molar-refractivity contribution is 0.0986. The topological polar surface area (TPSA) is 57.5 Å². The molecule has 0 radical (unpaired) electrons. The minimum absolute atomic E-state index is 0.107. The Balaban J connectivity index is 3.11. The molecule has 0 saturated heterocycles. The number of phenolic OH excluding ortho intramolecular Hbond substituents is 2. The van der Waals surface area contributed by atoms with Gasteiger partial charge in [-0.1, -0.05) is 0 Å². The van der Waals surface area contributed by atoms with Gasteiger partial charge >= 0.3 is 0 Å². The van der Waals surface area contributed by atoms with Gasteiger partial charge in [-0.3, -0.25) is 4.79 Å². The summed E-state index contributed by atoms with van der Waals surface area (Å²) in [6.45, 7) is 0. The minimum Gasteiger partial charge on any atom is -0.507 e. The zero-order valence-corrected chi connectivity index (χ0v) is 9.47. The first kappa shape index (κ1) is 11.3. The van der Waals surface area contributed by atoms with Crippen LogP contribution in [0.2, 0.25) is 0 Å². The fourth-order valence-corrected chi connectivity index (χ4v) is 1.52. The van der Waals surface area contributed by atoms with Crippen LogP contribution < -0.4 is 0 Å². The van der Waals surface area contributed by atoms with Gasteiger partial charge in [-0.15, -0.1) is 11.6 Å². The van der Waals surface area contributed by atoms with Crippen LogP contribution in [-0.2, 0) is 0 Å². The van der Waals surface area contributed by atoms with Crippen LogP contribution in [0.4, 0.5) is 0 Å². The van der Waals surface area contributed by atoms with Crippen molar-refractivity contribution in [2.75, 3.05) is 5.88 Å². The molecular weight excluding hydrogens is 271 g/mol. The Morgan fingerprint density at radius 1 is 1.43 bits per heavy atom. The number of phenols is 2. The summed E-state index contributed by atoms with van der Waals surface area (Å²) in [4.78, 5) is 11.4.